The predicted octanol–water partition coefficient (Wildman–Crippen LogP) is 3.30. The molecule has 0 radical (unpaired) electrons. The topological polar surface area (TPSA) is 38.3 Å². The van der Waals surface area contributed by atoms with Gasteiger partial charge < -0.3 is 10.1 Å². The summed E-state index contributed by atoms with van der Waals surface area (Å²) in [7, 11) is 1.41. The summed E-state index contributed by atoms with van der Waals surface area (Å²) in [4.78, 5) is 11.8. The van der Waals surface area contributed by atoms with E-state index in [1.54, 1.807) is 0 Å². The Kier molecular flexibility index (Phi) is 4.55. The second-order valence-corrected chi connectivity index (χ2v) is 4.39. The average molecular weight is 235 g/mol. The van der Waals surface area contributed by atoms with E-state index in [1.165, 1.54) is 7.11 Å². The summed E-state index contributed by atoms with van der Waals surface area (Å²) >= 11 is 0. The third kappa shape index (κ3) is 2.99. The van der Waals surface area contributed by atoms with E-state index in [1.807, 2.05) is 26.0 Å². The zero-order valence-corrected chi connectivity index (χ0v) is 11.3. The fraction of sp³-hybridized carbons (Fsp3) is 0.500. The standard InChI is InChI=1S/C14H21NO2/c1-6-11(4)15-13-10(3)8-7-9(2)12(13)14(16)17-5/h7-8,11,15H,6H2,1-5H3. The van der Waals surface area contributed by atoms with Crippen LogP contribution in [-0.4, -0.2) is 19.1 Å². The Labute approximate surface area is 103 Å². The Morgan fingerprint density at radius 1 is 1.35 bits per heavy atom. The Bertz CT molecular complexity index is 413. The lowest BCUT2D eigenvalue weighted by Gasteiger charge is -2.19. The van der Waals surface area contributed by atoms with Crippen LogP contribution in [0.25, 0.3) is 0 Å². The molecule has 1 atom stereocenters. The Morgan fingerprint density at radius 2 is 1.94 bits per heavy atom. The first-order valence-corrected chi connectivity index (χ1v) is 5.96. The van der Waals surface area contributed by atoms with Crippen LogP contribution in [0, 0.1) is 13.8 Å². The zero-order valence-electron chi connectivity index (χ0n) is 11.3. The van der Waals surface area contributed by atoms with Crippen molar-refractivity contribution in [1.82, 2.24) is 0 Å². The van der Waals surface area contributed by atoms with Crippen molar-refractivity contribution in [3.05, 3.63) is 28.8 Å². The number of hydrogen-bond acceptors (Lipinski definition) is 3. The summed E-state index contributed by atoms with van der Waals surface area (Å²) in [5, 5.41) is 3.38. The van der Waals surface area contributed by atoms with E-state index in [-0.39, 0.29) is 5.97 Å². The molecule has 1 aromatic rings. The Balaban J connectivity index is 3.24. The lowest BCUT2D eigenvalue weighted by molar-refractivity contribution is 0.0601. The first kappa shape index (κ1) is 13.6. The van der Waals surface area contributed by atoms with E-state index in [4.69, 9.17) is 4.74 Å². The molecule has 17 heavy (non-hydrogen) atoms. The van der Waals surface area contributed by atoms with Gasteiger partial charge in [0.25, 0.3) is 0 Å². The molecule has 0 aliphatic rings. The second-order valence-electron chi connectivity index (χ2n) is 4.39. The summed E-state index contributed by atoms with van der Waals surface area (Å²) < 4.78 is 4.85. The third-order valence-corrected chi connectivity index (χ3v) is 3.01. The summed E-state index contributed by atoms with van der Waals surface area (Å²) in [6, 6.07) is 4.30. The van der Waals surface area contributed by atoms with E-state index in [9.17, 15) is 4.79 Å². The Morgan fingerprint density at radius 3 is 2.47 bits per heavy atom. The van der Waals surface area contributed by atoms with Gasteiger partial charge in [-0.1, -0.05) is 19.1 Å². The minimum Gasteiger partial charge on any atom is -0.465 e. The number of carbonyl (C=O) groups excluding carboxylic acids is 1. The molecule has 94 valence electrons. The van der Waals surface area contributed by atoms with Crippen molar-refractivity contribution in [2.45, 2.75) is 40.2 Å². The molecule has 0 saturated carbocycles. The minimum absolute atomic E-state index is 0.281. The highest BCUT2D eigenvalue weighted by Crippen LogP contribution is 2.26. The molecule has 0 aromatic heterocycles. The molecule has 0 amide bonds. The average Bonchev–Trinajstić information content (AvgIpc) is 2.33. The van der Waals surface area contributed by atoms with Crippen molar-refractivity contribution in [3.63, 3.8) is 0 Å². The molecule has 0 bridgehead atoms. The highest BCUT2D eigenvalue weighted by Gasteiger charge is 2.17. The molecule has 3 heteroatoms. The number of ether oxygens (including phenoxy) is 1. The van der Waals surface area contributed by atoms with Gasteiger partial charge in [-0.05, 0) is 38.3 Å². The number of methoxy groups -OCH3 is 1. The van der Waals surface area contributed by atoms with Gasteiger partial charge in [-0.15, -0.1) is 0 Å². The fourth-order valence-electron chi connectivity index (χ4n) is 1.71. The molecule has 3 nitrogen and oxygen atoms in total. The molecule has 0 saturated heterocycles. The molecule has 0 heterocycles. The lowest BCUT2D eigenvalue weighted by Crippen LogP contribution is -2.18. The van der Waals surface area contributed by atoms with Gasteiger partial charge in [-0.25, -0.2) is 4.79 Å². The number of carbonyl (C=O) groups is 1. The van der Waals surface area contributed by atoms with Gasteiger partial charge in [0.2, 0.25) is 0 Å². The highest BCUT2D eigenvalue weighted by molar-refractivity contribution is 5.98. The molecule has 1 unspecified atom stereocenters. The van der Waals surface area contributed by atoms with E-state index in [2.05, 4.69) is 19.2 Å². The minimum atomic E-state index is -0.281. The van der Waals surface area contributed by atoms with E-state index in [0.29, 0.717) is 11.6 Å². The molecule has 0 aliphatic carbocycles. The van der Waals surface area contributed by atoms with Crippen LogP contribution in [-0.2, 0) is 4.74 Å². The van der Waals surface area contributed by atoms with Gasteiger partial charge in [0, 0.05) is 6.04 Å². The number of anilines is 1. The van der Waals surface area contributed by atoms with Gasteiger partial charge in [-0.3, -0.25) is 0 Å². The van der Waals surface area contributed by atoms with Gasteiger partial charge in [0.05, 0.1) is 18.4 Å². The first-order valence-electron chi connectivity index (χ1n) is 5.96. The lowest BCUT2D eigenvalue weighted by atomic mass is 10.0. The summed E-state index contributed by atoms with van der Waals surface area (Å²) in [6.45, 7) is 8.13. The first-order chi connectivity index (χ1) is 8.01. The molecule has 1 aromatic carbocycles. The van der Waals surface area contributed by atoms with Crippen LogP contribution in [0.4, 0.5) is 5.69 Å². The van der Waals surface area contributed by atoms with Crippen molar-refractivity contribution in [2.75, 3.05) is 12.4 Å². The summed E-state index contributed by atoms with van der Waals surface area (Å²) in [6.07, 6.45) is 1.01. The quantitative estimate of drug-likeness (QED) is 0.814. The SMILES string of the molecule is CCC(C)Nc1c(C)ccc(C)c1C(=O)OC. The second kappa shape index (κ2) is 5.71. The largest absolute Gasteiger partial charge is 0.465 e. The monoisotopic (exact) mass is 235 g/mol. The van der Waals surface area contributed by atoms with Gasteiger partial charge >= 0.3 is 5.97 Å². The van der Waals surface area contributed by atoms with Crippen LogP contribution in [0.3, 0.4) is 0 Å². The maximum Gasteiger partial charge on any atom is 0.340 e. The van der Waals surface area contributed by atoms with E-state index < -0.39 is 0 Å². The highest BCUT2D eigenvalue weighted by atomic mass is 16.5. The van der Waals surface area contributed by atoms with Crippen LogP contribution < -0.4 is 5.32 Å². The molecule has 1 N–H and O–H groups in total. The number of hydrogen-bond donors (Lipinski definition) is 1. The summed E-state index contributed by atoms with van der Waals surface area (Å²) in [5.41, 5.74) is 3.54. The van der Waals surface area contributed by atoms with E-state index in [0.717, 1.165) is 23.2 Å². The normalized spacial score (nSPS) is 12.1. The van der Waals surface area contributed by atoms with Crippen molar-refractivity contribution in [1.29, 1.82) is 0 Å². The number of esters is 1. The fourth-order valence-corrected chi connectivity index (χ4v) is 1.71. The van der Waals surface area contributed by atoms with Crippen molar-refractivity contribution in [2.24, 2.45) is 0 Å². The molecule has 0 aliphatic heterocycles. The molecule has 1 rings (SSSR count). The van der Waals surface area contributed by atoms with Crippen LogP contribution in [0.2, 0.25) is 0 Å². The smallest absolute Gasteiger partial charge is 0.340 e. The van der Waals surface area contributed by atoms with E-state index >= 15 is 0 Å². The van der Waals surface area contributed by atoms with Crippen molar-refractivity contribution >= 4 is 11.7 Å². The predicted molar refractivity (Wildman–Crippen MR) is 70.6 cm³/mol. The van der Waals surface area contributed by atoms with Crippen molar-refractivity contribution in [3.8, 4) is 0 Å². The maximum atomic E-state index is 11.8. The molecular weight excluding hydrogens is 214 g/mol. The van der Waals surface area contributed by atoms with Gasteiger partial charge in [0.15, 0.2) is 0 Å². The number of aryl methyl sites for hydroxylation is 2. The number of nitrogens with one attached hydrogen (secondary N) is 1. The van der Waals surface area contributed by atoms with Crippen LogP contribution in [0.1, 0.15) is 41.8 Å². The van der Waals surface area contributed by atoms with Crippen LogP contribution >= 0.6 is 0 Å². The number of rotatable bonds is 4. The molecular formula is C14H21NO2. The zero-order chi connectivity index (χ0) is 13.0. The van der Waals surface area contributed by atoms with Gasteiger partial charge in [-0.2, -0.15) is 0 Å². The number of benzene rings is 1. The van der Waals surface area contributed by atoms with Crippen molar-refractivity contribution < 1.29 is 9.53 Å². The van der Waals surface area contributed by atoms with Crippen LogP contribution in [0.5, 0.6) is 0 Å². The molecule has 0 spiro atoms. The Hall–Kier alpha value is -1.51. The maximum absolute atomic E-state index is 11.8. The molecule has 0 fully saturated rings. The van der Waals surface area contributed by atoms with Crippen LogP contribution in [0.15, 0.2) is 12.1 Å². The van der Waals surface area contributed by atoms with Gasteiger partial charge in [0.1, 0.15) is 0 Å². The summed E-state index contributed by atoms with van der Waals surface area (Å²) in [5.74, 6) is -0.281. The third-order valence-electron chi connectivity index (χ3n) is 3.01.